The first-order valence-electron chi connectivity index (χ1n) is 4.99. The Morgan fingerprint density at radius 2 is 2.44 bits per heavy atom. The molecule has 0 spiro atoms. The second-order valence-corrected chi connectivity index (χ2v) is 3.35. The summed E-state index contributed by atoms with van der Waals surface area (Å²) in [4.78, 5) is 22.7. The molecule has 0 bridgehead atoms. The summed E-state index contributed by atoms with van der Waals surface area (Å²) in [5.74, 6) is -1.06. The first-order valence-corrected chi connectivity index (χ1v) is 4.99. The van der Waals surface area contributed by atoms with Crippen LogP contribution >= 0.6 is 0 Å². The van der Waals surface area contributed by atoms with Crippen molar-refractivity contribution < 1.29 is 24.2 Å². The maximum Gasteiger partial charge on any atom is 0.330 e. The highest BCUT2D eigenvalue weighted by Gasteiger charge is 2.26. The molecule has 1 aliphatic rings. The van der Waals surface area contributed by atoms with E-state index < -0.39 is 24.7 Å². The van der Waals surface area contributed by atoms with Gasteiger partial charge >= 0.3 is 5.97 Å². The van der Waals surface area contributed by atoms with Crippen molar-refractivity contribution in [1.29, 1.82) is 0 Å². The van der Waals surface area contributed by atoms with Gasteiger partial charge in [0.15, 0.2) is 6.04 Å². The van der Waals surface area contributed by atoms with Crippen LogP contribution in [0.15, 0.2) is 0 Å². The third kappa shape index (κ3) is 3.44. The molecule has 1 heterocycles. The minimum atomic E-state index is -1.03. The largest absolute Gasteiger partial charge is 0.467 e. The summed E-state index contributed by atoms with van der Waals surface area (Å²) in [5, 5.41) is 14.2. The first kappa shape index (κ1) is 12.9. The number of esters is 1. The van der Waals surface area contributed by atoms with Gasteiger partial charge in [-0.1, -0.05) is 0 Å². The summed E-state index contributed by atoms with van der Waals surface area (Å²) < 4.78 is 9.53. The molecule has 1 saturated heterocycles. The highest BCUT2D eigenvalue weighted by molar-refractivity contribution is 5.87. The standard InChI is InChI=1S/C9H16N2O5/c1-15-9(14)6(4-12)11-8(13)7-5-16-3-2-10-7/h6-7,10,12H,2-5H2,1H3,(H,11,13)/t6-,7-/m1/s1. The fraction of sp³-hybridized carbons (Fsp3) is 0.778. The number of hydrogen-bond acceptors (Lipinski definition) is 6. The third-order valence-corrected chi connectivity index (χ3v) is 2.22. The molecule has 92 valence electrons. The van der Waals surface area contributed by atoms with Crippen LogP contribution in [0.1, 0.15) is 0 Å². The van der Waals surface area contributed by atoms with Crippen molar-refractivity contribution in [3.63, 3.8) is 0 Å². The van der Waals surface area contributed by atoms with Crippen LogP contribution in [0.3, 0.4) is 0 Å². The Hall–Kier alpha value is -1.18. The topological polar surface area (TPSA) is 96.9 Å². The number of ether oxygens (including phenoxy) is 2. The summed E-state index contributed by atoms with van der Waals surface area (Å²) in [7, 11) is 1.19. The Balaban J connectivity index is 2.44. The van der Waals surface area contributed by atoms with Gasteiger partial charge in [-0.2, -0.15) is 0 Å². The predicted octanol–water partition coefficient (Wildman–Crippen LogP) is -2.38. The molecule has 2 atom stereocenters. The Bertz CT molecular complexity index is 252. The summed E-state index contributed by atoms with van der Waals surface area (Å²) in [6, 6.07) is -1.52. The average Bonchev–Trinajstić information content (AvgIpc) is 2.35. The van der Waals surface area contributed by atoms with Gasteiger partial charge in [-0.3, -0.25) is 4.79 Å². The molecule has 1 amide bonds. The minimum absolute atomic E-state index is 0.255. The van der Waals surface area contributed by atoms with Crippen molar-refractivity contribution >= 4 is 11.9 Å². The van der Waals surface area contributed by atoms with E-state index in [0.29, 0.717) is 13.2 Å². The van der Waals surface area contributed by atoms with Crippen molar-refractivity contribution in [2.24, 2.45) is 0 Å². The van der Waals surface area contributed by atoms with Gasteiger partial charge in [-0.25, -0.2) is 4.79 Å². The fourth-order valence-corrected chi connectivity index (χ4v) is 1.33. The SMILES string of the molecule is COC(=O)[C@@H](CO)NC(=O)[C@H]1COCCN1. The fourth-order valence-electron chi connectivity index (χ4n) is 1.33. The number of methoxy groups -OCH3 is 1. The normalized spacial score (nSPS) is 22.2. The lowest BCUT2D eigenvalue weighted by atomic mass is 10.2. The van der Waals surface area contributed by atoms with Crippen LogP contribution in [0.5, 0.6) is 0 Å². The van der Waals surface area contributed by atoms with Crippen LogP contribution in [0.2, 0.25) is 0 Å². The molecular weight excluding hydrogens is 216 g/mol. The molecule has 0 aromatic heterocycles. The smallest absolute Gasteiger partial charge is 0.330 e. The maximum absolute atomic E-state index is 11.6. The van der Waals surface area contributed by atoms with E-state index in [9.17, 15) is 9.59 Å². The minimum Gasteiger partial charge on any atom is -0.467 e. The highest BCUT2D eigenvalue weighted by Crippen LogP contribution is 1.95. The molecule has 0 aliphatic carbocycles. The van der Waals surface area contributed by atoms with Gasteiger partial charge in [-0.05, 0) is 0 Å². The number of morpholine rings is 1. The van der Waals surface area contributed by atoms with Crippen molar-refractivity contribution in [2.45, 2.75) is 12.1 Å². The Labute approximate surface area is 93.1 Å². The summed E-state index contributed by atoms with van der Waals surface area (Å²) in [6.45, 7) is 0.904. The van der Waals surface area contributed by atoms with Gasteiger partial charge in [0.2, 0.25) is 5.91 Å². The zero-order chi connectivity index (χ0) is 12.0. The van der Waals surface area contributed by atoms with Crippen LogP contribution in [0.4, 0.5) is 0 Å². The van der Waals surface area contributed by atoms with Crippen molar-refractivity contribution in [3.05, 3.63) is 0 Å². The van der Waals surface area contributed by atoms with Gasteiger partial charge in [0, 0.05) is 6.54 Å². The average molecular weight is 232 g/mol. The quantitative estimate of drug-likeness (QED) is 0.469. The van der Waals surface area contributed by atoms with Gasteiger partial charge in [-0.15, -0.1) is 0 Å². The summed E-state index contributed by atoms with van der Waals surface area (Å²) in [5.41, 5.74) is 0. The van der Waals surface area contributed by atoms with Gasteiger partial charge in [0.05, 0.1) is 26.9 Å². The molecule has 3 N–H and O–H groups in total. The van der Waals surface area contributed by atoms with Crippen molar-refractivity contribution in [2.75, 3.05) is 33.5 Å². The maximum atomic E-state index is 11.6. The lowest BCUT2D eigenvalue weighted by Crippen LogP contribution is -2.55. The molecule has 7 heteroatoms. The number of aliphatic hydroxyl groups excluding tert-OH is 1. The lowest BCUT2D eigenvalue weighted by Gasteiger charge is -2.24. The Morgan fingerprint density at radius 3 is 2.94 bits per heavy atom. The van der Waals surface area contributed by atoms with E-state index in [-0.39, 0.29) is 12.5 Å². The monoisotopic (exact) mass is 232 g/mol. The third-order valence-electron chi connectivity index (χ3n) is 2.22. The van der Waals surface area contributed by atoms with E-state index in [0.717, 1.165) is 0 Å². The molecule has 0 radical (unpaired) electrons. The van der Waals surface area contributed by atoms with E-state index >= 15 is 0 Å². The molecule has 1 aliphatic heterocycles. The van der Waals surface area contributed by atoms with E-state index in [1.165, 1.54) is 7.11 Å². The molecule has 0 unspecified atom stereocenters. The van der Waals surface area contributed by atoms with Crippen molar-refractivity contribution in [1.82, 2.24) is 10.6 Å². The number of rotatable bonds is 4. The van der Waals surface area contributed by atoms with Gasteiger partial charge in [0.1, 0.15) is 6.04 Å². The van der Waals surface area contributed by atoms with Crippen LogP contribution < -0.4 is 10.6 Å². The summed E-state index contributed by atoms with van der Waals surface area (Å²) in [6.07, 6.45) is 0. The Kier molecular flexibility index (Phi) is 5.17. The van der Waals surface area contributed by atoms with Crippen LogP contribution in [0, 0.1) is 0 Å². The van der Waals surface area contributed by atoms with Crippen LogP contribution in [-0.4, -0.2) is 62.5 Å². The number of hydrogen-bond donors (Lipinski definition) is 3. The molecule has 0 aromatic carbocycles. The Morgan fingerprint density at radius 1 is 1.69 bits per heavy atom. The number of amides is 1. The zero-order valence-electron chi connectivity index (χ0n) is 9.06. The van der Waals surface area contributed by atoms with Crippen LogP contribution in [-0.2, 0) is 19.1 Å². The molecule has 1 rings (SSSR count). The van der Waals surface area contributed by atoms with E-state index in [1.54, 1.807) is 0 Å². The van der Waals surface area contributed by atoms with E-state index in [2.05, 4.69) is 15.4 Å². The van der Waals surface area contributed by atoms with E-state index in [1.807, 2.05) is 0 Å². The molecular formula is C9H16N2O5. The predicted molar refractivity (Wildman–Crippen MR) is 53.6 cm³/mol. The van der Waals surface area contributed by atoms with Crippen molar-refractivity contribution in [3.8, 4) is 0 Å². The van der Waals surface area contributed by atoms with E-state index in [4.69, 9.17) is 9.84 Å². The second-order valence-electron chi connectivity index (χ2n) is 3.35. The molecule has 0 aromatic rings. The molecule has 16 heavy (non-hydrogen) atoms. The number of carbonyl (C=O) groups is 2. The zero-order valence-corrected chi connectivity index (χ0v) is 9.06. The highest BCUT2D eigenvalue weighted by atomic mass is 16.5. The summed E-state index contributed by atoms with van der Waals surface area (Å²) >= 11 is 0. The first-order chi connectivity index (χ1) is 7.69. The van der Waals surface area contributed by atoms with Crippen LogP contribution in [0.25, 0.3) is 0 Å². The van der Waals surface area contributed by atoms with Gasteiger partial charge in [0.25, 0.3) is 0 Å². The molecule has 1 fully saturated rings. The lowest BCUT2D eigenvalue weighted by molar-refractivity contribution is -0.146. The second kappa shape index (κ2) is 6.41. The van der Waals surface area contributed by atoms with Gasteiger partial charge < -0.3 is 25.2 Å². The molecule has 0 saturated carbocycles. The number of nitrogens with one attached hydrogen (secondary N) is 2. The number of carbonyl (C=O) groups excluding carboxylic acids is 2. The number of aliphatic hydroxyl groups is 1. The molecule has 7 nitrogen and oxygen atoms in total.